The van der Waals surface area contributed by atoms with Gasteiger partial charge in [0, 0.05) is 18.3 Å². The van der Waals surface area contributed by atoms with Gasteiger partial charge in [-0.3, -0.25) is 14.4 Å². The number of aliphatic carboxylic acids is 1. The van der Waals surface area contributed by atoms with Crippen LogP contribution >= 0.6 is 0 Å². The lowest BCUT2D eigenvalue weighted by atomic mass is 9.76. The van der Waals surface area contributed by atoms with E-state index in [-0.39, 0.29) is 38.1 Å². The van der Waals surface area contributed by atoms with E-state index >= 15 is 0 Å². The Kier molecular flexibility index (Phi) is 17.8. The third-order valence-electron chi connectivity index (χ3n) is 8.20. The van der Waals surface area contributed by atoms with Crippen molar-refractivity contribution in [1.29, 1.82) is 0 Å². The van der Waals surface area contributed by atoms with E-state index in [1.54, 1.807) is 26.0 Å². The van der Waals surface area contributed by atoms with Gasteiger partial charge in [0.15, 0.2) is 0 Å². The van der Waals surface area contributed by atoms with Gasteiger partial charge in [0.1, 0.15) is 5.41 Å². The summed E-state index contributed by atoms with van der Waals surface area (Å²) in [5, 5.41) is 26.8. The maximum Gasteiger partial charge on any atom is 0.316 e. The fraction of sp³-hybridized carbons (Fsp3) is 0.839. The first-order valence-corrected chi connectivity index (χ1v) is 15.3. The molecular weight excluding hydrogens is 560 g/mol. The summed E-state index contributed by atoms with van der Waals surface area (Å²) in [5.41, 5.74) is -1.99. The summed E-state index contributed by atoms with van der Waals surface area (Å²) in [5.74, 6) is -0.455. The fourth-order valence-electron chi connectivity index (χ4n) is 5.19. The predicted molar refractivity (Wildman–Crippen MR) is 156 cm³/mol. The van der Waals surface area contributed by atoms with Crippen molar-refractivity contribution in [3.05, 3.63) is 0 Å². The number of unbranched alkanes of at least 4 members (excludes halogenated alkanes) is 1. The van der Waals surface area contributed by atoms with Crippen LogP contribution in [0.5, 0.6) is 0 Å². The number of nitrogens with zero attached hydrogens (tertiary/aromatic N) is 2. The maximum absolute atomic E-state index is 11.8. The smallest absolute Gasteiger partial charge is 0.316 e. The van der Waals surface area contributed by atoms with Crippen LogP contribution < -0.4 is 0 Å². The number of aliphatic hydroxyl groups excluding tert-OH is 2. The highest BCUT2D eigenvalue weighted by molar-refractivity contribution is 5.76. The average molecular weight is 611 g/mol. The topological polar surface area (TPSA) is 189 Å². The highest BCUT2D eigenvalue weighted by atomic mass is 16.5. The van der Waals surface area contributed by atoms with Crippen molar-refractivity contribution < 1.29 is 48.8 Å². The van der Waals surface area contributed by atoms with Crippen LogP contribution in [0.1, 0.15) is 104 Å². The molecule has 2 saturated carbocycles. The molecule has 0 heterocycles. The van der Waals surface area contributed by atoms with Gasteiger partial charge in [-0.1, -0.05) is 13.8 Å². The monoisotopic (exact) mass is 610 g/mol. The van der Waals surface area contributed by atoms with Crippen molar-refractivity contribution in [3.63, 3.8) is 0 Å². The third-order valence-corrected chi connectivity index (χ3v) is 8.20. The molecule has 0 spiro atoms. The van der Waals surface area contributed by atoms with Crippen LogP contribution in [-0.2, 0) is 33.4 Å². The summed E-state index contributed by atoms with van der Waals surface area (Å²) in [7, 11) is 0. The molecule has 0 aromatic rings. The lowest BCUT2D eigenvalue weighted by molar-refractivity contribution is -0.165. The molecule has 12 nitrogen and oxygen atoms in total. The van der Waals surface area contributed by atoms with Crippen molar-refractivity contribution in [2.24, 2.45) is 32.7 Å². The molecular formula is C31H50N2O10. The molecule has 12 heteroatoms. The first kappa shape index (κ1) is 38.1. The number of carbonyl (C=O) groups excluding carboxylic acids is 4. The zero-order chi connectivity index (χ0) is 32.3. The number of ether oxygens (including phenoxy) is 2. The number of isocyanates is 2. The number of esters is 2. The molecule has 2 fully saturated rings. The van der Waals surface area contributed by atoms with Crippen LogP contribution in [0.25, 0.3) is 0 Å². The molecule has 0 unspecified atom stereocenters. The van der Waals surface area contributed by atoms with Gasteiger partial charge in [-0.15, -0.1) is 0 Å². The number of carboxylic acid groups (broad SMARTS) is 1. The second kappa shape index (κ2) is 20.1. The molecule has 0 aliphatic heterocycles. The molecule has 0 radical (unpaired) electrons. The molecule has 43 heavy (non-hydrogen) atoms. The van der Waals surface area contributed by atoms with Gasteiger partial charge in [-0.2, -0.15) is 0 Å². The van der Waals surface area contributed by atoms with E-state index in [2.05, 4.69) is 9.98 Å². The number of carboxylic acids is 1. The molecule has 0 atom stereocenters. The molecule has 244 valence electrons. The Morgan fingerprint density at radius 1 is 0.744 bits per heavy atom. The van der Waals surface area contributed by atoms with E-state index in [0.29, 0.717) is 12.8 Å². The Labute approximate surface area is 254 Å². The molecule has 0 amide bonds. The minimum absolute atomic E-state index is 0.0171. The molecule has 2 aliphatic carbocycles. The largest absolute Gasteiger partial charge is 0.481 e. The number of hydrogen-bond donors (Lipinski definition) is 3. The van der Waals surface area contributed by atoms with Crippen LogP contribution in [0.15, 0.2) is 9.98 Å². The van der Waals surface area contributed by atoms with Gasteiger partial charge in [-0.25, -0.2) is 19.6 Å². The molecule has 2 aliphatic rings. The van der Waals surface area contributed by atoms with E-state index < -0.39 is 42.0 Å². The summed E-state index contributed by atoms with van der Waals surface area (Å²) in [6, 6.07) is 0.456. The van der Waals surface area contributed by atoms with Gasteiger partial charge >= 0.3 is 17.9 Å². The van der Waals surface area contributed by atoms with E-state index in [1.165, 1.54) is 39.0 Å². The zero-order valence-corrected chi connectivity index (χ0v) is 25.9. The number of carbonyl (C=O) groups is 3. The van der Waals surface area contributed by atoms with Crippen molar-refractivity contribution in [2.75, 3.05) is 26.4 Å². The van der Waals surface area contributed by atoms with Crippen molar-refractivity contribution in [1.82, 2.24) is 0 Å². The summed E-state index contributed by atoms with van der Waals surface area (Å²) in [4.78, 5) is 61.9. The Hall–Kier alpha value is -2.91. The molecule has 0 saturated heterocycles. The van der Waals surface area contributed by atoms with E-state index in [4.69, 9.17) is 24.8 Å². The normalized spacial score (nSPS) is 22.1. The first-order chi connectivity index (χ1) is 20.4. The Morgan fingerprint density at radius 3 is 1.60 bits per heavy atom. The Balaban J connectivity index is 0.000000439. The second-order valence-electron chi connectivity index (χ2n) is 12.9. The van der Waals surface area contributed by atoms with Crippen LogP contribution in [0.2, 0.25) is 0 Å². The summed E-state index contributed by atoms with van der Waals surface area (Å²) in [6.07, 6.45) is 14.6. The second-order valence-corrected chi connectivity index (χ2v) is 12.9. The zero-order valence-electron chi connectivity index (χ0n) is 25.9. The SMILES string of the molecule is CC(C)(COC(=O)CCCCC(=O)O)COC(=O)C(C)(CO)CO.O=C=NC1CCC(CC2CCC(N=C=O)CC2)CC1. The van der Waals surface area contributed by atoms with E-state index in [9.17, 15) is 24.0 Å². The molecule has 0 aromatic carbocycles. The van der Waals surface area contributed by atoms with E-state index in [1.807, 2.05) is 0 Å². The van der Waals surface area contributed by atoms with Gasteiger partial charge < -0.3 is 24.8 Å². The van der Waals surface area contributed by atoms with Gasteiger partial charge in [0.25, 0.3) is 0 Å². The van der Waals surface area contributed by atoms with Gasteiger partial charge in [-0.05, 0) is 89.4 Å². The standard InChI is InChI=1S/C16H28O8.C15H22N2O2/c1-15(2,11-24-14(22)16(3,8-17)9-18)10-23-13(21)7-5-4-6-12(19)20;18-10-16-14-5-1-12(2-6-14)9-13-3-7-15(8-4-13)17-11-19/h17-18H,4-11H2,1-3H3,(H,19,20);12-15H,1-9H2. The third kappa shape index (κ3) is 15.9. The number of aliphatic hydroxyl groups is 2. The highest BCUT2D eigenvalue weighted by Crippen LogP contribution is 2.36. The predicted octanol–water partition coefficient (Wildman–Crippen LogP) is 3.90. The first-order valence-electron chi connectivity index (χ1n) is 15.3. The number of hydrogen-bond acceptors (Lipinski definition) is 11. The minimum atomic E-state index is -1.36. The Morgan fingerprint density at radius 2 is 1.19 bits per heavy atom. The minimum Gasteiger partial charge on any atom is -0.481 e. The van der Waals surface area contributed by atoms with E-state index in [0.717, 1.165) is 37.5 Å². The molecule has 2 rings (SSSR count). The molecule has 0 bridgehead atoms. The summed E-state index contributed by atoms with van der Waals surface area (Å²) in [6.45, 7) is 3.81. The maximum atomic E-state index is 11.8. The molecule has 0 aromatic heterocycles. The summed E-state index contributed by atoms with van der Waals surface area (Å²) < 4.78 is 10.2. The van der Waals surface area contributed by atoms with Crippen molar-refractivity contribution in [3.8, 4) is 0 Å². The number of aliphatic imine (C=N–C) groups is 2. The van der Waals surface area contributed by atoms with Crippen LogP contribution in [0, 0.1) is 22.7 Å². The quantitative estimate of drug-likeness (QED) is 0.1000. The van der Waals surface area contributed by atoms with Gasteiger partial charge in [0.05, 0.1) is 38.5 Å². The van der Waals surface area contributed by atoms with Crippen molar-refractivity contribution >= 4 is 30.1 Å². The lowest BCUT2D eigenvalue weighted by Crippen LogP contribution is -2.39. The van der Waals surface area contributed by atoms with Gasteiger partial charge in [0.2, 0.25) is 12.2 Å². The van der Waals surface area contributed by atoms with Crippen LogP contribution in [0.3, 0.4) is 0 Å². The average Bonchev–Trinajstić information content (AvgIpc) is 2.99. The molecule has 3 N–H and O–H groups in total. The van der Waals surface area contributed by atoms with Crippen LogP contribution in [0.4, 0.5) is 0 Å². The highest BCUT2D eigenvalue weighted by Gasteiger charge is 2.35. The fourth-order valence-corrected chi connectivity index (χ4v) is 5.19. The Bertz CT molecular complexity index is 916. The lowest BCUT2D eigenvalue weighted by Gasteiger charge is -2.31. The summed E-state index contributed by atoms with van der Waals surface area (Å²) >= 11 is 0. The number of rotatable bonds is 16. The van der Waals surface area contributed by atoms with Crippen molar-refractivity contribution in [2.45, 2.75) is 116 Å². The van der Waals surface area contributed by atoms with Crippen LogP contribution in [-0.4, -0.2) is 83.9 Å².